The van der Waals surface area contributed by atoms with Gasteiger partial charge in [-0.1, -0.05) is 0 Å². The minimum Gasteiger partial charge on any atom is -0.353 e. The lowest BCUT2D eigenvalue weighted by Gasteiger charge is -2.10. The zero-order chi connectivity index (χ0) is 16.8. The number of nitrogens with zero attached hydrogens (tertiary/aromatic N) is 6. The Morgan fingerprint density at radius 3 is 2.84 bits per heavy atom. The molecule has 5 aromatic heterocycles. The van der Waals surface area contributed by atoms with Gasteiger partial charge in [0.25, 0.3) is 0 Å². The van der Waals surface area contributed by atoms with E-state index in [1.807, 2.05) is 35.6 Å². The number of pyridine rings is 3. The van der Waals surface area contributed by atoms with Gasteiger partial charge in [-0.15, -0.1) is 0 Å². The van der Waals surface area contributed by atoms with Crippen LogP contribution < -0.4 is 5.32 Å². The number of aryl methyl sites for hydroxylation is 1. The molecule has 25 heavy (non-hydrogen) atoms. The van der Waals surface area contributed by atoms with Crippen molar-refractivity contribution in [3.05, 3.63) is 61.1 Å². The van der Waals surface area contributed by atoms with Gasteiger partial charge in [0, 0.05) is 41.6 Å². The standard InChI is InChI=1S/C18H13N7/c1-11-8-12(2-7-21-11)22-16-13-9-19-5-3-14(13)23-18-17(16)24-15-4-6-20-10-25(15)18/h2-10H,1H3,(H,21,22,23). The molecule has 0 saturated carbocycles. The fourth-order valence-electron chi connectivity index (χ4n) is 2.97. The molecule has 0 bridgehead atoms. The van der Waals surface area contributed by atoms with Gasteiger partial charge in [-0.25, -0.2) is 15.0 Å². The van der Waals surface area contributed by atoms with E-state index in [1.54, 1.807) is 31.1 Å². The van der Waals surface area contributed by atoms with Crippen LogP contribution >= 0.6 is 0 Å². The number of fused-ring (bicyclic) bond motifs is 4. The van der Waals surface area contributed by atoms with Crippen LogP contribution in [0.25, 0.3) is 27.7 Å². The number of imidazole rings is 1. The van der Waals surface area contributed by atoms with Crippen molar-refractivity contribution in [2.75, 3.05) is 5.32 Å². The smallest absolute Gasteiger partial charge is 0.168 e. The summed E-state index contributed by atoms with van der Waals surface area (Å²) in [6.07, 6.45) is 8.78. The van der Waals surface area contributed by atoms with Crippen molar-refractivity contribution in [1.29, 1.82) is 0 Å². The van der Waals surface area contributed by atoms with Crippen molar-refractivity contribution in [2.24, 2.45) is 0 Å². The van der Waals surface area contributed by atoms with E-state index in [0.717, 1.165) is 44.8 Å². The predicted molar refractivity (Wildman–Crippen MR) is 95.8 cm³/mol. The molecule has 0 aliphatic carbocycles. The van der Waals surface area contributed by atoms with Gasteiger partial charge in [-0.3, -0.25) is 14.4 Å². The third kappa shape index (κ3) is 2.17. The van der Waals surface area contributed by atoms with Crippen LogP contribution in [-0.2, 0) is 0 Å². The molecule has 0 unspecified atom stereocenters. The lowest BCUT2D eigenvalue weighted by Crippen LogP contribution is -1.97. The van der Waals surface area contributed by atoms with Gasteiger partial charge in [-0.05, 0) is 31.2 Å². The maximum atomic E-state index is 4.75. The second-order valence-electron chi connectivity index (χ2n) is 5.78. The normalized spacial score (nSPS) is 11.4. The van der Waals surface area contributed by atoms with E-state index < -0.39 is 0 Å². The van der Waals surface area contributed by atoms with E-state index in [-0.39, 0.29) is 0 Å². The Balaban J connectivity index is 1.86. The molecule has 0 amide bonds. The Morgan fingerprint density at radius 1 is 1.00 bits per heavy atom. The zero-order valence-corrected chi connectivity index (χ0v) is 13.4. The van der Waals surface area contributed by atoms with E-state index >= 15 is 0 Å². The highest BCUT2D eigenvalue weighted by molar-refractivity contribution is 6.06. The lowest BCUT2D eigenvalue weighted by atomic mass is 10.2. The van der Waals surface area contributed by atoms with Crippen molar-refractivity contribution in [3.8, 4) is 0 Å². The summed E-state index contributed by atoms with van der Waals surface area (Å²) in [4.78, 5) is 22.2. The molecular weight excluding hydrogens is 314 g/mol. The largest absolute Gasteiger partial charge is 0.353 e. The van der Waals surface area contributed by atoms with Gasteiger partial charge >= 0.3 is 0 Å². The first-order valence-corrected chi connectivity index (χ1v) is 7.85. The average molecular weight is 327 g/mol. The average Bonchev–Trinajstić information content (AvgIpc) is 3.00. The van der Waals surface area contributed by atoms with Gasteiger partial charge in [-0.2, -0.15) is 0 Å². The Kier molecular flexibility index (Phi) is 2.87. The number of aromatic nitrogens is 6. The molecule has 0 saturated heterocycles. The predicted octanol–water partition coefficient (Wildman–Crippen LogP) is 3.27. The second-order valence-corrected chi connectivity index (χ2v) is 5.78. The minimum absolute atomic E-state index is 0.759. The quantitative estimate of drug-likeness (QED) is 0.536. The first-order valence-electron chi connectivity index (χ1n) is 7.85. The summed E-state index contributed by atoms with van der Waals surface area (Å²) in [6.45, 7) is 1.96. The third-order valence-electron chi connectivity index (χ3n) is 4.10. The highest BCUT2D eigenvalue weighted by Gasteiger charge is 2.15. The van der Waals surface area contributed by atoms with Crippen LogP contribution in [0.4, 0.5) is 11.4 Å². The van der Waals surface area contributed by atoms with Crippen LogP contribution in [-0.4, -0.2) is 29.3 Å². The van der Waals surface area contributed by atoms with Crippen molar-refractivity contribution in [2.45, 2.75) is 6.92 Å². The Hall–Kier alpha value is -3.61. The summed E-state index contributed by atoms with van der Waals surface area (Å²) in [5.74, 6) is 0. The van der Waals surface area contributed by atoms with Crippen LogP contribution in [0.2, 0.25) is 0 Å². The summed E-state index contributed by atoms with van der Waals surface area (Å²) >= 11 is 0. The van der Waals surface area contributed by atoms with Crippen molar-refractivity contribution in [3.63, 3.8) is 0 Å². The van der Waals surface area contributed by atoms with Crippen LogP contribution in [0.3, 0.4) is 0 Å². The molecular formula is C18H13N7. The molecule has 0 aromatic carbocycles. The molecule has 5 aromatic rings. The number of rotatable bonds is 2. The van der Waals surface area contributed by atoms with Gasteiger partial charge in [0.2, 0.25) is 0 Å². The van der Waals surface area contributed by atoms with E-state index in [9.17, 15) is 0 Å². The molecule has 0 fully saturated rings. The molecule has 7 nitrogen and oxygen atoms in total. The Morgan fingerprint density at radius 2 is 1.92 bits per heavy atom. The molecule has 0 radical (unpaired) electrons. The van der Waals surface area contributed by atoms with Crippen LogP contribution in [0.15, 0.2) is 55.4 Å². The van der Waals surface area contributed by atoms with Gasteiger partial charge in [0.15, 0.2) is 5.65 Å². The summed E-state index contributed by atoms with van der Waals surface area (Å²) in [5, 5.41) is 4.39. The molecule has 120 valence electrons. The number of hydrogen-bond donors (Lipinski definition) is 1. The Bertz CT molecular complexity index is 1240. The fourth-order valence-corrected chi connectivity index (χ4v) is 2.97. The first kappa shape index (κ1) is 13.8. The highest BCUT2D eigenvalue weighted by Crippen LogP contribution is 2.32. The molecule has 1 N–H and O–H groups in total. The van der Waals surface area contributed by atoms with Crippen molar-refractivity contribution < 1.29 is 0 Å². The Labute approximate surface area is 142 Å². The molecule has 7 heteroatoms. The highest BCUT2D eigenvalue weighted by atomic mass is 15.1. The third-order valence-corrected chi connectivity index (χ3v) is 4.10. The summed E-state index contributed by atoms with van der Waals surface area (Å²) < 4.78 is 1.89. The van der Waals surface area contributed by atoms with E-state index in [0.29, 0.717) is 0 Å². The molecule has 5 rings (SSSR count). The summed E-state index contributed by atoms with van der Waals surface area (Å²) in [5.41, 5.74) is 5.95. The van der Waals surface area contributed by atoms with Gasteiger partial charge < -0.3 is 5.32 Å². The molecule has 0 spiro atoms. The molecule has 0 atom stereocenters. The first-order chi connectivity index (χ1) is 12.3. The van der Waals surface area contributed by atoms with Crippen molar-refractivity contribution >= 4 is 39.1 Å². The van der Waals surface area contributed by atoms with Crippen LogP contribution in [0, 0.1) is 6.92 Å². The maximum absolute atomic E-state index is 4.75. The topological polar surface area (TPSA) is 80.9 Å². The zero-order valence-electron chi connectivity index (χ0n) is 13.4. The number of hydrogen-bond acceptors (Lipinski definition) is 6. The summed E-state index contributed by atoms with van der Waals surface area (Å²) in [7, 11) is 0. The van der Waals surface area contributed by atoms with Gasteiger partial charge in [0.1, 0.15) is 17.5 Å². The molecule has 0 aliphatic heterocycles. The van der Waals surface area contributed by atoms with E-state index in [4.69, 9.17) is 9.97 Å². The SMILES string of the molecule is Cc1cc(Nc2c3cnccc3nc3c2nc2ccncn23)ccn1. The second kappa shape index (κ2) is 5.20. The molecule has 0 aliphatic rings. The molecule has 5 heterocycles. The fraction of sp³-hybridized carbons (Fsp3) is 0.0556. The monoisotopic (exact) mass is 327 g/mol. The number of nitrogens with one attached hydrogen (secondary N) is 1. The summed E-state index contributed by atoms with van der Waals surface area (Å²) in [6, 6.07) is 7.68. The van der Waals surface area contributed by atoms with Gasteiger partial charge in [0.05, 0.1) is 11.2 Å². The lowest BCUT2D eigenvalue weighted by molar-refractivity contribution is 1.10. The maximum Gasteiger partial charge on any atom is 0.168 e. The van der Waals surface area contributed by atoms with E-state index in [1.165, 1.54) is 0 Å². The van der Waals surface area contributed by atoms with Crippen LogP contribution in [0.1, 0.15) is 5.69 Å². The van der Waals surface area contributed by atoms with Crippen molar-refractivity contribution in [1.82, 2.24) is 29.3 Å². The number of anilines is 2. The minimum atomic E-state index is 0.759. The van der Waals surface area contributed by atoms with Crippen LogP contribution in [0.5, 0.6) is 0 Å². The van der Waals surface area contributed by atoms with E-state index in [2.05, 4.69) is 20.3 Å².